The highest BCUT2D eigenvalue weighted by molar-refractivity contribution is 9.10. The summed E-state index contributed by atoms with van der Waals surface area (Å²) in [6.45, 7) is 5.15. The molecule has 16 heavy (non-hydrogen) atoms. The van der Waals surface area contributed by atoms with Crippen molar-refractivity contribution in [1.29, 1.82) is 0 Å². The van der Waals surface area contributed by atoms with E-state index in [1.165, 1.54) is 4.88 Å². The van der Waals surface area contributed by atoms with Gasteiger partial charge in [-0.25, -0.2) is 0 Å². The molecule has 0 spiro atoms. The summed E-state index contributed by atoms with van der Waals surface area (Å²) in [5, 5.41) is 5.57. The topological polar surface area (TPSA) is 30.5 Å². The fraction of sp³-hybridized carbons (Fsp3) is 0.636. The first kappa shape index (κ1) is 12.5. The van der Waals surface area contributed by atoms with E-state index in [1.54, 1.807) is 11.3 Å². The van der Waals surface area contributed by atoms with Gasteiger partial charge in [0.2, 0.25) is 0 Å². The summed E-state index contributed by atoms with van der Waals surface area (Å²) in [6.07, 6.45) is 0.194. The minimum atomic E-state index is 0.194. The molecule has 1 aromatic rings. The van der Waals surface area contributed by atoms with Crippen LogP contribution in [0.15, 0.2) is 15.9 Å². The number of ether oxygens (including phenoxy) is 2. The third-order valence-corrected chi connectivity index (χ3v) is 4.43. The molecule has 2 heterocycles. The molecule has 0 radical (unpaired) electrons. The van der Waals surface area contributed by atoms with Crippen molar-refractivity contribution in [3.8, 4) is 0 Å². The van der Waals surface area contributed by atoms with E-state index >= 15 is 0 Å². The van der Waals surface area contributed by atoms with E-state index in [0.717, 1.165) is 17.6 Å². The third-order valence-electron chi connectivity index (χ3n) is 2.55. The van der Waals surface area contributed by atoms with Gasteiger partial charge >= 0.3 is 0 Å². The van der Waals surface area contributed by atoms with Crippen LogP contribution in [0.4, 0.5) is 0 Å². The average Bonchev–Trinajstić information content (AvgIpc) is 2.74. The molecule has 1 N–H and O–H groups in total. The summed E-state index contributed by atoms with van der Waals surface area (Å²) in [5.41, 5.74) is 0. The second kappa shape index (κ2) is 6.12. The lowest BCUT2D eigenvalue weighted by atomic mass is 10.2. The van der Waals surface area contributed by atoms with Crippen molar-refractivity contribution >= 4 is 27.3 Å². The molecule has 2 atom stereocenters. The number of thiophene rings is 1. The molecule has 0 aliphatic carbocycles. The SMILES string of the molecule is CC(NCC1COCCO1)c1cc(Br)cs1. The Morgan fingerprint density at radius 3 is 3.12 bits per heavy atom. The van der Waals surface area contributed by atoms with Crippen LogP contribution in [-0.4, -0.2) is 32.5 Å². The molecular formula is C11H16BrNO2S. The van der Waals surface area contributed by atoms with Crippen LogP contribution in [0.5, 0.6) is 0 Å². The third kappa shape index (κ3) is 3.53. The van der Waals surface area contributed by atoms with Gasteiger partial charge in [-0.3, -0.25) is 0 Å². The summed E-state index contributed by atoms with van der Waals surface area (Å²) >= 11 is 5.23. The molecule has 90 valence electrons. The molecule has 5 heteroatoms. The first-order valence-electron chi connectivity index (χ1n) is 5.42. The van der Waals surface area contributed by atoms with Gasteiger partial charge in [0.15, 0.2) is 0 Å². The first-order valence-corrected chi connectivity index (χ1v) is 7.09. The molecule has 0 bridgehead atoms. The Hall–Kier alpha value is 0.0600. The van der Waals surface area contributed by atoms with Crippen LogP contribution in [0.3, 0.4) is 0 Å². The second-order valence-electron chi connectivity index (χ2n) is 3.86. The molecule has 1 aliphatic rings. The highest BCUT2D eigenvalue weighted by Crippen LogP contribution is 2.25. The average molecular weight is 306 g/mol. The normalized spacial score (nSPS) is 23.2. The highest BCUT2D eigenvalue weighted by Gasteiger charge is 2.16. The molecular weight excluding hydrogens is 290 g/mol. The van der Waals surface area contributed by atoms with E-state index in [0.29, 0.717) is 19.3 Å². The van der Waals surface area contributed by atoms with Crippen molar-refractivity contribution in [2.75, 3.05) is 26.4 Å². The van der Waals surface area contributed by atoms with Gasteiger partial charge in [-0.15, -0.1) is 11.3 Å². The van der Waals surface area contributed by atoms with E-state index in [9.17, 15) is 0 Å². The Morgan fingerprint density at radius 2 is 2.50 bits per heavy atom. The van der Waals surface area contributed by atoms with Crippen LogP contribution in [0.25, 0.3) is 0 Å². The van der Waals surface area contributed by atoms with Crippen molar-refractivity contribution in [3.63, 3.8) is 0 Å². The molecule has 0 aromatic carbocycles. The zero-order valence-corrected chi connectivity index (χ0v) is 11.6. The quantitative estimate of drug-likeness (QED) is 0.927. The zero-order chi connectivity index (χ0) is 11.4. The molecule has 2 unspecified atom stereocenters. The molecule has 0 saturated carbocycles. The van der Waals surface area contributed by atoms with Crippen LogP contribution in [-0.2, 0) is 9.47 Å². The van der Waals surface area contributed by atoms with Crippen molar-refractivity contribution in [2.45, 2.75) is 19.1 Å². The van der Waals surface area contributed by atoms with Crippen LogP contribution >= 0.6 is 27.3 Å². The lowest BCUT2D eigenvalue weighted by molar-refractivity contribution is -0.0869. The summed E-state index contributed by atoms with van der Waals surface area (Å²) in [6, 6.07) is 2.52. The van der Waals surface area contributed by atoms with E-state index < -0.39 is 0 Å². The van der Waals surface area contributed by atoms with Gasteiger partial charge in [0, 0.05) is 27.3 Å². The molecule has 2 rings (SSSR count). The van der Waals surface area contributed by atoms with Crippen LogP contribution in [0.1, 0.15) is 17.8 Å². The van der Waals surface area contributed by atoms with E-state index in [4.69, 9.17) is 9.47 Å². The number of nitrogens with one attached hydrogen (secondary N) is 1. The summed E-state index contributed by atoms with van der Waals surface area (Å²) in [5.74, 6) is 0. The van der Waals surface area contributed by atoms with Gasteiger partial charge < -0.3 is 14.8 Å². The summed E-state index contributed by atoms with van der Waals surface area (Å²) in [7, 11) is 0. The second-order valence-corrected chi connectivity index (χ2v) is 5.72. The molecule has 3 nitrogen and oxygen atoms in total. The fourth-order valence-corrected chi connectivity index (χ4v) is 3.10. The minimum Gasteiger partial charge on any atom is -0.376 e. The lowest BCUT2D eigenvalue weighted by Gasteiger charge is -2.24. The molecule has 1 aromatic heterocycles. The van der Waals surface area contributed by atoms with Crippen molar-refractivity contribution in [1.82, 2.24) is 5.32 Å². The van der Waals surface area contributed by atoms with Crippen LogP contribution < -0.4 is 5.32 Å². The van der Waals surface area contributed by atoms with Gasteiger partial charge in [-0.05, 0) is 28.9 Å². The predicted octanol–water partition coefficient (Wildman–Crippen LogP) is 2.58. The summed E-state index contributed by atoms with van der Waals surface area (Å²) < 4.78 is 12.1. The first-order chi connectivity index (χ1) is 7.75. The minimum absolute atomic E-state index is 0.194. The maximum absolute atomic E-state index is 5.58. The number of hydrogen-bond acceptors (Lipinski definition) is 4. The van der Waals surface area contributed by atoms with Gasteiger partial charge in [0.25, 0.3) is 0 Å². The van der Waals surface area contributed by atoms with Crippen molar-refractivity contribution in [2.24, 2.45) is 0 Å². The zero-order valence-electron chi connectivity index (χ0n) is 9.24. The number of hydrogen-bond donors (Lipinski definition) is 1. The Morgan fingerprint density at radius 1 is 1.62 bits per heavy atom. The predicted molar refractivity (Wildman–Crippen MR) is 69.0 cm³/mol. The largest absolute Gasteiger partial charge is 0.376 e. The van der Waals surface area contributed by atoms with Gasteiger partial charge in [-0.1, -0.05) is 0 Å². The van der Waals surface area contributed by atoms with E-state index in [-0.39, 0.29) is 6.10 Å². The monoisotopic (exact) mass is 305 g/mol. The lowest BCUT2D eigenvalue weighted by Crippen LogP contribution is -2.38. The van der Waals surface area contributed by atoms with Crippen LogP contribution in [0, 0.1) is 0 Å². The van der Waals surface area contributed by atoms with Gasteiger partial charge in [0.05, 0.1) is 25.9 Å². The Bertz CT molecular complexity index is 326. The molecule has 0 amide bonds. The Labute approximate surface area is 108 Å². The van der Waals surface area contributed by atoms with Crippen molar-refractivity contribution < 1.29 is 9.47 Å². The maximum atomic E-state index is 5.58. The smallest absolute Gasteiger partial charge is 0.0933 e. The van der Waals surface area contributed by atoms with Gasteiger partial charge in [0.1, 0.15) is 0 Å². The Kier molecular flexibility index (Phi) is 4.79. The molecule has 1 saturated heterocycles. The number of rotatable bonds is 4. The number of halogens is 1. The fourth-order valence-electron chi connectivity index (χ4n) is 1.62. The summed E-state index contributed by atoms with van der Waals surface area (Å²) in [4.78, 5) is 1.34. The van der Waals surface area contributed by atoms with Gasteiger partial charge in [-0.2, -0.15) is 0 Å². The standard InChI is InChI=1S/C11H16BrNO2S/c1-8(11-4-9(12)7-16-11)13-5-10-6-14-2-3-15-10/h4,7-8,10,13H,2-3,5-6H2,1H3. The highest BCUT2D eigenvalue weighted by atomic mass is 79.9. The Balaban J connectivity index is 1.76. The van der Waals surface area contributed by atoms with Crippen LogP contribution in [0.2, 0.25) is 0 Å². The van der Waals surface area contributed by atoms with E-state index in [1.807, 2.05) is 0 Å². The van der Waals surface area contributed by atoms with E-state index in [2.05, 4.69) is 39.6 Å². The maximum Gasteiger partial charge on any atom is 0.0933 e. The molecule has 1 fully saturated rings. The van der Waals surface area contributed by atoms with Crippen molar-refractivity contribution in [3.05, 3.63) is 20.8 Å². The molecule has 1 aliphatic heterocycles.